The maximum absolute atomic E-state index is 12.3. The molecule has 112 valence electrons. The van der Waals surface area contributed by atoms with Gasteiger partial charge in [-0.15, -0.1) is 0 Å². The predicted octanol–water partition coefficient (Wildman–Crippen LogP) is 2.41. The molecule has 2 N–H and O–H groups in total. The fourth-order valence-electron chi connectivity index (χ4n) is 2.11. The van der Waals surface area contributed by atoms with Crippen LogP contribution >= 0.6 is 0 Å². The van der Waals surface area contributed by atoms with Crippen molar-refractivity contribution in [3.63, 3.8) is 0 Å². The zero-order valence-corrected chi connectivity index (χ0v) is 13.0. The van der Waals surface area contributed by atoms with E-state index in [1.54, 1.807) is 13.8 Å². The van der Waals surface area contributed by atoms with Crippen molar-refractivity contribution in [1.29, 1.82) is 0 Å². The number of rotatable bonds is 6. The third kappa shape index (κ3) is 4.31. The second kappa shape index (κ2) is 6.37. The quantitative estimate of drug-likeness (QED) is 0.845. The van der Waals surface area contributed by atoms with E-state index in [0.29, 0.717) is 11.5 Å². The molecule has 0 bridgehead atoms. The van der Waals surface area contributed by atoms with Gasteiger partial charge >= 0.3 is 5.97 Å². The van der Waals surface area contributed by atoms with E-state index >= 15 is 0 Å². The summed E-state index contributed by atoms with van der Waals surface area (Å²) in [6, 6.07) is 3.90. The molecule has 0 saturated heterocycles. The van der Waals surface area contributed by atoms with Crippen LogP contribution in [0.3, 0.4) is 0 Å². The lowest BCUT2D eigenvalue weighted by molar-refractivity contribution is 0.0696. The Morgan fingerprint density at radius 2 is 1.90 bits per heavy atom. The van der Waals surface area contributed by atoms with Crippen molar-refractivity contribution < 1.29 is 18.3 Å². The number of aromatic carboxylic acids is 1. The van der Waals surface area contributed by atoms with Crippen LogP contribution in [0.25, 0.3) is 0 Å². The van der Waals surface area contributed by atoms with Gasteiger partial charge in [0.25, 0.3) is 0 Å². The Morgan fingerprint density at radius 3 is 2.40 bits per heavy atom. The number of benzene rings is 1. The lowest BCUT2D eigenvalue weighted by Gasteiger charge is -2.17. The van der Waals surface area contributed by atoms with E-state index in [4.69, 9.17) is 5.11 Å². The number of hydrogen-bond acceptors (Lipinski definition) is 3. The molecule has 0 aliphatic heterocycles. The Bertz CT molecular complexity index is 593. The molecule has 0 saturated carbocycles. The first-order valence-corrected chi connectivity index (χ1v) is 7.98. The third-order valence-electron chi connectivity index (χ3n) is 2.91. The van der Waals surface area contributed by atoms with Gasteiger partial charge in [0.15, 0.2) is 0 Å². The molecule has 1 aromatic carbocycles. The Labute approximate surface area is 120 Å². The highest BCUT2D eigenvalue weighted by Crippen LogP contribution is 2.18. The minimum Gasteiger partial charge on any atom is -0.478 e. The third-order valence-corrected chi connectivity index (χ3v) is 4.64. The van der Waals surface area contributed by atoms with Gasteiger partial charge in [-0.05, 0) is 43.9 Å². The van der Waals surface area contributed by atoms with Gasteiger partial charge in [0.1, 0.15) is 0 Å². The molecule has 1 atom stereocenters. The van der Waals surface area contributed by atoms with Crippen molar-refractivity contribution in [2.24, 2.45) is 5.92 Å². The van der Waals surface area contributed by atoms with E-state index in [2.05, 4.69) is 4.72 Å². The molecular formula is C14H21NO4S. The largest absolute Gasteiger partial charge is 0.478 e. The van der Waals surface area contributed by atoms with Crippen LogP contribution in [0.5, 0.6) is 0 Å². The van der Waals surface area contributed by atoms with E-state index in [1.807, 2.05) is 13.8 Å². The maximum atomic E-state index is 12.3. The van der Waals surface area contributed by atoms with Crippen molar-refractivity contribution >= 4 is 16.0 Å². The Morgan fingerprint density at radius 1 is 1.30 bits per heavy atom. The molecule has 0 radical (unpaired) electrons. The number of carbonyl (C=O) groups is 1. The molecule has 5 nitrogen and oxygen atoms in total. The highest BCUT2D eigenvalue weighted by molar-refractivity contribution is 7.89. The molecule has 0 aromatic heterocycles. The second-order valence-corrected chi connectivity index (χ2v) is 7.12. The van der Waals surface area contributed by atoms with Gasteiger partial charge < -0.3 is 5.11 Å². The van der Waals surface area contributed by atoms with Crippen molar-refractivity contribution in [3.05, 3.63) is 29.3 Å². The van der Waals surface area contributed by atoms with Gasteiger partial charge in [-0.3, -0.25) is 0 Å². The minimum absolute atomic E-state index is 0.0213. The SMILES string of the molecule is Cc1ccc(C(=O)O)cc1S(=O)(=O)NC(C)CC(C)C. The summed E-state index contributed by atoms with van der Waals surface area (Å²) in [6.07, 6.45) is 0.719. The molecule has 0 aliphatic rings. The number of sulfonamides is 1. The summed E-state index contributed by atoms with van der Waals surface area (Å²) in [5, 5.41) is 8.95. The molecule has 6 heteroatoms. The van der Waals surface area contributed by atoms with Gasteiger partial charge in [-0.2, -0.15) is 0 Å². The van der Waals surface area contributed by atoms with E-state index in [-0.39, 0.29) is 16.5 Å². The van der Waals surface area contributed by atoms with E-state index < -0.39 is 16.0 Å². The summed E-state index contributed by atoms with van der Waals surface area (Å²) in [6.45, 7) is 7.48. The highest BCUT2D eigenvalue weighted by Gasteiger charge is 2.21. The van der Waals surface area contributed by atoms with Crippen molar-refractivity contribution in [2.75, 3.05) is 0 Å². The summed E-state index contributed by atoms with van der Waals surface area (Å²) >= 11 is 0. The summed E-state index contributed by atoms with van der Waals surface area (Å²) in [5.41, 5.74) is 0.492. The van der Waals surface area contributed by atoms with Gasteiger partial charge in [-0.1, -0.05) is 19.9 Å². The predicted molar refractivity (Wildman–Crippen MR) is 77.4 cm³/mol. The molecule has 0 fully saturated rings. The molecule has 1 unspecified atom stereocenters. The van der Waals surface area contributed by atoms with Gasteiger partial charge in [-0.25, -0.2) is 17.9 Å². The Balaban J connectivity index is 3.09. The van der Waals surface area contributed by atoms with Crippen molar-refractivity contribution in [3.8, 4) is 0 Å². The average Bonchev–Trinajstić information content (AvgIpc) is 2.26. The zero-order chi connectivity index (χ0) is 15.5. The van der Waals surface area contributed by atoms with Crippen LogP contribution in [-0.2, 0) is 10.0 Å². The van der Waals surface area contributed by atoms with Crippen LogP contribution in [-0.4, -0.2) is 25.5 Å². The van der Waals surface area contributed by atoms with Crippen molar-refractivity contribution in [1.82, 2.24) is 4.72 Å². The molecule has 1 aromatic rings. The second-order valence-electron chi connectivity index (χ2n) is 5.44. The normalized spacial score (nSPS) is 13.4. The molecule has 0 heterocycles. The van der Waals surface area contributed by atoms with Crippen molar-refractivity contribution in [2.45, 2.75) is 45.1 Å². The Kier molecular flexibility index (Phi) is 5.30. The Hall–Kier alpha value is -1.40. The number of carboxylic acid groups (broad SMARTS) is 1. The maximum Gasteiger partial charge on any atom is 0.335 e. The van der Waals surface area contributed by atoms with Crippen LogP contribution in [0.15, 0.2) is 23.1 Å². The molecule has 1 rings (SSSR count). The molecule has 0 amide bonds. The van der Waals surface area contributed by atoms with Crippen LogP contribution < -0.4 is 4.72 Å². The van der Waals surface area contributed by atoms with Crippen LogP contribution in [0.4, 0.5) is 0 Å². The van der Waals surface area contributed by atoms with Gasteiger partial charge in [0, 0.05) is 6.04 Å². The van der Waals surface area contributed by atoms with E-state index in [1.165, 1.54) is 18.2 Å². The number of nitrogens with one attached hydrogen (secondary N) is 1. The summed E-state index contributed by atoms with van der Waals surface area (Å²) in [7, 11) is -3.71. The molecule has 0 aliphatic carbocycles. The lowest BCUT2D eigenvalue weighted by Crippen LogP contribution is -2.34. The van der Waals surface area contributed by atoms with Gasteiger partial charge in [0.2, 0.25) is 10.0 Å². The summed E-state index contributed by atoms with van der Waals surface area (Å²) in [5.74, 6) is -0.768. The summed E-state index contributed by atoms with van der Waals surface area (Å²) in [4.78, 5) is 11.0. The topological polar surface area (TPSA) is 83.5 Å². The number of aryl methyl sites for hydroxylation is 1. The van der Waals surface area contributed by atoms with E-state index in [0.717, 1.165) is 6.42 Å². The number of carboxylic acids is 1. The molecule has 0 spiro atoms. The molecule has 20 heavy (non-hydrogen) atoms. The fraction of sp³-hybridized carbons (Fsp3) is 0.500. The monoisotopic (exact) mass is 299 g/mol. The first-order valence-electron chi connectivity index (χ1n) is 6.49. The standard InChI is InChI=1S/C14H21NO4S/c1-9(2)7-11(4)15-20(18,19)13-8-12(14(16)17)6-5-10(13)3/h5-6,8-9,11,15H,7H2,1-4H3,(H,16,17). The summed E-state index contributed by atoms with van der Waals surface area (Å²) < 4.78 is 27.2. The van der Waals surface area contributed by atoms with Gasteiger partial charge in [0.05, 0.1) is 10.5 Å². The minimum atomic E-state index is -3.71. The smallest absolute Gasteiger partial charge is 0.335 e. The highest BCUT2D eigenvalue weighted by atomic mass is 32.2. The first kappa shape index (κ1) is 16.7. The first-order chi connectivity index (χ1) is 9.13. The number of hydrogen-bond donors (Lipinski definition) is 2. The molecular weight excluding hydrogens is 278 g/mol. The van der Waals surface area contributed by atoms with Crippen LogP contribution in [0.1, 0.15) is 43.1 Å². The van der Waals surface area contributed by atoms with Crippen LogP contribution in [0, 0.1) is 12.8 Å². The zero-order valence-electron chi connectivity index (χ0n) is 12.2. The average molecular weight is 299 g/mol. The van der Waals surface area contributed by atoms with Crippen LogP contribution in [0.2, 0.25) is 0 Å². The van der Waals surface area contributed by atoms with E-state index in [9.17, 15) is 13.2 Å². The lowest BCUT2D eigenvalue weighted by atomic mass is 10.1. The fourth-order valence-corrected chi connectivity index (χ4v) is 3.63.